The van der Waals surface area contributed by atoms with Crippen LogP contribution in [0.4, 0.5) is 0 Å². The summed E-state index contributed by atoms with van der Waals surface area (Å²) in [4.78, 5) is 23.5. The number of rotatable bonds is 8. The van der Waals surface area contributed by atoms with Crippen LogP contribution in [0.15, 0.2) is 24.3 Å². The van der Waals surface area contributed by atoms with Crippen molar-refractivity contribution >= 4 is 22.8 Å². The van der Waals surface area contributed by atoms with Gasteiger partial charge in [0.2, 0.25) is 5.91 Å². The number of para-hydroxylation sites is 1. The molecule has 140 valence electrons. The number of hydrogen-bond donors (Lipinski definition) is 2. The second kappa shape index (κ2) is 8.39. The Kier molecular flexibility index (Phi) is 5.96. The lowest BCUT2D eigenvalue weighted by atomic mass is 9.91. The predicted octanol–water partition coefficient (Wildman–Crippen LogP) is 3.67. The molecule has 26 heavy (non-hydrogen) atoms. The minimum Gasteiger partial charge on any atom is -0.480 e. The summed E-state index contributed by atoms with van der Waals surface area (Å²) >= 11 is 0. The summed E-state index contributed by atoms with van der Waals surface area (Å²) in [5.74, 6) is -0.681. The smallest absolute Gasteiger partial charge is 0.323 e. The summed E-state index contributed by atoms with van der Waals surface area (Å²) < 4.78 is 1.93. The number of fused-ring (bicyclic) bond motifs is 3. The van der Waals surface area contributed by atoms with Gasteiger partial charge in [-0.05, 0) is 37.3 Å². The van der Waals surface area contributed by atoms with Crippen LogP contribution in [0.3, 0.4) is 0 Å². The predicted molar refractivity (Wildman–Crippen MR) is 102 cm³/mol. The molecule has 2 aromatic rings. The molecule has 1 unspecified atom stereocenters. The first-order valence-corrected chi connectivity index (χ1v) is 9.70. The van der Waals surface area contributed by atoms with Gasteiger partial charge >= 0.3 is 5.97 Å². The summed E-state index contributed by atoms with van der Waals surface area (Å²) in [5.41, 5.74) is 3.29. The average Bonchev–Trinajstić information content (AvgIpc) is 2.92. The average molecular weight is 356 g/mol. The summed E-state index contributed by atoms with van der Waals surface area (Å²) in [5, 5.41) is 13.6. The van der Waals surface area contributed by atoms with E-state index in [1.807, 2.05) is 22.8 Å². The molecule has 3 rings (SSSR count). The maximum atomic E-state index is 12.2. The Balaban J connectivity index is 1.72. The van der Waals surface area contributed by atoms with Crippen LogP contribution < -0.4 is 5.32 Å². The number of carboxylic acid groups (broad SMARTS) is 1. The lowest BCUT2D eigenvalue weighted by Gasteiger charge is -2.25. The van der Waals surface area contributed by atoms with E-state index in [2.05, 4.69) is 18.3 Å². The quantitative estimate of drug-likeness (QED) is 0.709. The molecule has 5 heteroatoms. The van der Waals surface area contributed by atoms with Gasteiger partial charge in [-0.2, -0.15) is 0 Å². The molecule has 1 aromatic heterocycles. The van der Waals surface area contributed by atoms with E-state index in [0.29, 0.717) is 6.42 Å². The van der Waals surface area contributed by atoms with Crippen LogP contribution in [0.25, 0.3) is 10.9 Å². The standard InChI is InChI=1S/C21H28N2O3/c1-2-3-4-5-10-20(24)22-15-11-12-19-17(13-15)16-8-6-7-9-18(16)23(19)14-21(25)26/h6-9,15H,2-5,10-14H2,1H3,(H,22,24)(H,25,26). The van der Waals surface area contributed by atoms with Crippen LogP contribution in [-0.2, 0) is 29.0 Å². The zero-order valence-electron chi connectivity index (χ0n) is 15.5. The van der Waals surface area contributed by atoms with Crippen molar-refractivity contribution in [2.75, 3.05) is 0 Å². The van der Waals surface area contributed by atoms with Gasteiger partial charge < -0.3 is 15.0 Å². The molecule has 0 saturated heterocycles. The van der Waals surface area contributed by atoms with Crippen molar-refractivity contribution in [1.29, 1.82) is 0 Å². The first-order chi connectivity index (χ1) is 12.6. The minimum atomic E-state index is -0.823. The number of hydrogen-bond acceptors (Lipinski definition) is 2. The zero-order chi connectivity index (χ0) is 18.5. The number of carboxylic acids is 1. The second-order valence-corrected chi connectivity index (χ2v) is 7.24. The van der Waals surface area contributed by atoms with Gasteiger partial charge in [0.15, 0.2) is 0 Å². The highest BCUT2D eigenvalue weighted by molar-refractivity contribution is 5.87. The normalized spacial score (nSPS) is 16.4. The maximum Gasteiger partial charge on any atom is 0.323 e. The van der Waals surface area contributed by atoms with Crippen molar-refractivity contribution in [3.63, 3.8) is 0 Å². The molecule has 1 heterocycles. The lowest BCUT2D eigenvalue weighted by molar-refractivity contribution is -0.137. The maximum absolute atomic E-state index is 12.2. The molecule has 0 saturated carbocycles. The lowest BCUT2D eigenvalue weighted by Crippen LogP contribution is -2.39. The van der Waals surface area contributed by atoms with Crippen LogP contribution in [-0.4, -0.2) is 27.6 Å². The first kappa shape index (κ1) is 18.5. The summed E-state index contributed by atoms with van der Waals surface area (Å²) in [6.45, 7) is 2.16. The van der Waals surface area contributed by atoms with Gasteiger partial charge in [0.25, 0.3) is 0 Å². The van der Waals surface area contributed by atoms with E-state index in [1.165, 1.54) is 18.4 Å². The molecule has 0 fully saturated rings. The van der Waals surface area contributed by atoms with E-state index in [9.17, 15) is 14.7 Å². The summed E-state index contributed by atoms with van der Waals surface area (Å²) in [6, 6.07) is 8.12. The van der Waals surface area contributed by atoms with Gasteiger partial charge in [-0.1, -0.05) is 44.4 Å². The van der Waals surface area contributed by atoms with E-state index in [-0.39, 0.29) is 18.5 Å². The van der Waals surface area contributed by atoms with Crippen molar-refractivity contribution in [2.45, 2.75) is 70.9 Å². The van der Waals surface area contributed by atoms with Crippen LogP contribution >= 0.6 is 0 Å². The van der Waals surface area contributed by atoms with E-state index in [1.54, 1.807) is 0 Å². The fraction of sp³-hybridized carbons (Fsp3) is 0.524. The van der Waals surface area contributed by atoms with Crippen LogP contribution in [0.2, 0.25) is 0 Å². The molecular weight excluding hydrogens is 328 g/mol. The third-order valence-electron chi connectivity index (χ3n) is 5.29. The highest BCUT2D eigenvalue weighted by Crippen LogP contribution is 2.32. The number of benzene rings is 1. The molecule has 1 amide bonds. The first-order valence-electron chi connectivity index (χ1n) is 9.70. The number of aliphatic carboxylic acids is 1. The van der Waals surface area contributed by atoms with E-state index >= 15 is 0 Å². The fourth-order valence-corrected chi connectivity index (χ4v) is 4.05. The van der Waals surface area contributed by atoms with Gasteiger partial charge in [0, 0.05) is 29.1 Å². The van der Waals surface area contributed by atoms with E-state index in [4.69, 9.17) is 0 Å². The fourth-order valence-electron chi connectivity index (χ4n) is 4.05. The molecule has 0 bridgehead atoms. The third-order valence-corrected chi connectivity index (χ3v) is 5.29. The van der Waals surface area contributed by atoms with Gasteiger partial charge in [-0.3, -0.25) is 9.59 Å². The molecule has 0 spiro atoms. The molecular formula is C21H28N2O3. The number of carbonyl (C=O) groups is 2. The van der Waals surface area contributed by atoms with Gasteiger partial charge in [-0.25, -0.2) is 0 Å². The van der Waals surface area contributed by atoms with Crippen molar-refractivity contribution in [2.24, 2.45) is 0 Å². The van der Waals surface area contributed by atoms with Crippen molar-refractivity contribution in [3.8, 4) is 0 Å². The number of carbonyl (C=O) groups excluding carboxylic acids is 1. The van der Waals surface area contributed by atoms with Crippen molar-refractivity contribution in [1.82, 2.24) is 9.88 Å². The van der Waals surface area contributed by atoms with Crippen molar-refractivity contribution in [3.05, 3.63) is 35.5 Å². The van der Waals surface area contributed by atoms with Gasteiger partial charge in [-0.15, -0.1) is 0 Å². The number of aromatic nitrogens is 1. The number of nitrogens with zero attached hydrogens (tertiary/aromatic N) is 1. The number of unbranched alkanes of at least 4 members (excludes halogenated alkanes) is 3. The van der Waals surface area contributed by atoms with E-state index in [0.717, 1.165) is 48.7 Å². The molecule has 1 atom stereocenters. The molecule has 2 N–H and O–H groups in total. The Morgan fingerprint density at radius 2 is 2.04 bits per heavy atom. The Bertz CT molecular complexity index is 794. The molecule has 5 nitrogen and oxygen atoms in total. The Hall–Kier alpha value is -2.30. The van der Waals surface area contributed by atoms with Crippen molar-refractivity contribution < 1.29 is 14.7 Å². The molecule has 1 aliphatic rings. The molecule has 0 aliphatic heterocycles. The SMILES string of the molecule is CCCCCCC(=O)NC1CCc2c(c3ccccc3n2CC(=O)O)C1. The Morgan fingerprint density at radius 1 is 1.23 bits per heavy atom. The van der Waals surface area contributed by atoms with Gasteiger partial charge in [0.05, 0.1) is 0 Å². The topological polar surface area (TPSA) is 71.3 Å². The van der Waals surface area contributed by atoms with Gasteiger partial charge in [0.1, 0.15) is 6.54 Å². The monoisotopic (exact) mass is 356 g/mol. The van der Waals surface area contributed by atoms with Crippen LogP contribution in [0.5, 0.6) is 0 Å². The van der Waals surface area contributed by atoms with Crippen LogP contribution in [0, 0.1) is 0 Å². The number of amides is 1. The van der Waals surface area contributed by atoms with E-state index < -0.39 is 5.97 Å². The largest absolute Gasteiger partial charge is 0.480 e. The summed E-state index contributed by atoms with van der Waals surface area (Å²) in [7, 11) is 0. The third kappa shape index (κ3) is 4.09. The second-order valence-electron chi connectivity index (χ2n) is 7.24. The zero-order valence-corrected chi connectivity index (χ0v) is 15.5. The Morgan fingerprint density at radius 3 is 2.81 bits per heavy atom. The minimum absolute atomic E-state index is 0.00962. The Labute approximate surface area is 154 Å². The molecule has 1 aromatic carbocycles. The molecule has 1 aliphatic carbocycles. The highest BCUT2D eigenvalue weighted by Gasteiger charge is 2.26. The number of nitrogens with one attached hydrogen (secondary N) is 1. The van der Waals surface area contributed by atoms with Crippen LogP contribution in [0.1, 0.15) is 56.7 Å². The summed E-state index contributed by atoms with van der Waals surface area (Å²) in [6.07, 6.45) is 7.47. The molecule has 0 radical (unpaired) electrons. The highest BCUT2D eigenvalue weighted by atomic mass is 16.4.